The number of hydrogen-bond acceptors (Lipinski definition) is 3. The monoisotopic (exact) mass is 257 g/mol. The molecule has 18 heavy (non-hydrogen) atoms. The smallest absolute Gasteiger partial charge is 0.274 e. The van der Waals surface area contributed by atoms with E-state index in [1.54, 1.807) is 30.3 Å². The number of rotatable bonds is 2. The molecule has 0 atom stereocenters. The largest absolute Gasteiger partial charge is 0.321 e. The highest BCUT2D eigenvalue weighted by molar-refractivity contribution is 6.30. The maximum absolute atomic E-state index is 11.8. The van der Waals surface area contributed by atoms with E-state index in [0.29, 0.717) is 16.3 Å². The minimum Gasteiger partial charge on any atom is -0.321 e. The van der Waals surface area contributed by atoms with Crippen LogP contribution in [-0.4, -0.2) is 10.9 Å². The topological polar surface area (TPSA) is 65.8 Å². The molecule has 0 spiro atoms. The van der Waals surface area contributed by atoms with Gasteiger partial charge in [-0.3, -0.25) is 4.79 Å². The van der Waals surface area contributed by atoms with Gasteiger partial charge in [0.25, 0.3) is 5.91 Å². The van der Waals surface area contributed by atoms with E-state index in [1.807, 2.05) is 6.07 Å². The Labute approximate surface area is 109 Å². The van der Waals surface area contributed by atoms with Crippen LogP contribution >= 0.6 is 11.6 Å². The summed E-state index contributed by atoms with van der Waals surface area (Å²) in [6.45, 7) is 0. The Bertz CT molecular complexity index is 617. The molecule has 5 heteroatoms. The molecule has 1 aromatic heterocycles. The number of anilines is 1. The molecule has 4 nitrogen and oxygen atoms in total. The van der Waals surface area contributed by atoms with Gasteiger partial charge in [-0.15, -0.1) is 0 Å². The van der Waals surface area contributed by atoms with Crippen molar-refractivity contribution in [1.82, 2.24) is 4.98 Å². The Morgan fingerprint density at radius 3 is 2.83 bits per heavy atom. The number of benzene rings is 1. The van der Waals surface area contributed by atoms with Crippen molar-refractivity contribution in [2.45, 2.75) is 0 Å². The molecule has 1 heterocycles. The van der Waals surface area contributed by atoms with Gasteiger partial charge in [0.05, 0.1) is 16.7 Å². The van der Waals surface area contributed by atoms with Crippen LogP contribution in [0.25, 0.3) is 0 Å². The number of pyridine rings is 1. The maximum Gasteiger partial charge on any atom is 0.274 e. The Hall–Kier alpha value is -2.38. The Kier molecular flexibility index (Phi) is 3.56. The Morgan fingerprint density at radius 2 is 2.17 bits per heavy atom. The first kappa shape index (κ1) is 12.1. The molecular formula is C13H8ClN3O. The summed E-state index contributed by atoms with van der Waals surface area (Å²) in [6.07, 6.45) is 1.40. The van der Waals surface area contributed by atoms with E-state index < -0.39 is 0 Å². The third kappa shape index (κ3) is 2.84. The van der Waals surface area contributed by atoms with Crippen molar-refractivity contribution < 1.29 is 4.79 Å². The molecule has 0 bridgehead atoms. The fourth-order valence-electron chi connectivity index (χ4n) is 1.37. The number of carbonyl (C=O) groups excluding carboxylic acids is 1. The lowest BCUT2D eigenvalue weighted by molar-refractivity contribution is 0.102. The van der Waals surface area contributed by atoms with Crippen molar-refractivity contribution >= 4 is 23.2 Å². The van der Waals surface area contributed by atoms with E-state index in [9.17, 15) is 4.79 Å². The summed E-state index contributed by atoms with van der Waals surface area (Å²) in [5.41, 5.74) is 1.30. The quantitative estimate of drug-likeness (QED) is 0.900. The SMILES string of the molecule is N#Cc1cccc(NC(=O)c2ccc(Cl)cn2)c1. The van der Waals surface area contributed by atoms with E-state index in [0.717, 1.165) is 0 Å². The van der Waals surface area contributed by atoms with Gasteiger partial charge < -0.3 is 5.32 Å². The van der Waals surface area contributed by atoms with E-state index in [1.165, 1.54) is 12.3 Å². The molecule has 0 radical (unpaired) electrons. The van der Waals surface area contributed by atoms with Gasteiger partial charge >= 0.3 is 0 Å². The third-order valence-electron chi connectivity index (χ3n) is 2.21. The fraction of sp³-hybridized carbons (Fsp3) is 0. The number of nitrogens with one attached hydrogen (secondary N) is 1. The average molecular weight is 258 g/mol. The molecule has 2 aromatic rings. The minimum absolute atomic E-state index is 0.266. The van der Waals surface area contributed by atoms with Crippen molar-refractivity contribution in [1.29, 1.82) is 5.26 Å². The summed E-state index contributed by atoms with van der Waals surface area (Å²) in [5, 5.41) is 11.9. The van der Waals surface area contributed by atoms with Crippen molar-refractivity contribution in [2.24, 2.45) is 0 Å². The number of aromatic nitrogens is 1. The highest BCUT2D eigenvalue weighted by Gasteiger charge is 2.07. The van der Waals surface area contributed by atoms with Crippen LogP contribution in [0.5, 0.6) is 0 Å². The van der Waals surface area contributed by atoms with Crippen LogP contribution in [0.3, 0.4) is 0 Å². The predicted octanol–water partition coefficient (Wildman–Crippen LogP) is 2.86. The molecule has 0 aliphatic rings. The molecular weight excluding hydrogens is 250 g/mol. The molecule has 2 rings (SSSR count). The van der Waals surface area contributed by atoms with Gasteiger partial charge in [0.1, 0.15) is 5.69 Å². The van der Waals surface area contributed by atoms with E-state index in [4.69, 9.17) is 16.9 Å². The van der Waals surface area contributed by atoms with Crippen LogP contribution in [-0.2, 0) is 0 Å². The molecule has 1 amide bonds. The summed E-state index contributed by atoms with van der Waals surface area (Å²) >= 11 is 5.69. The van der Waals surface area contributed by atoms with Crippen molar-refractivity contribution in [2.75, 3.05) is 5.32 Å². The molecule has 0 aliphatic heterocycles. The van der Waals surface area contributed by atoms with E-state index in [-0.39, 0.29) is 11.6 Å². The van der Waals surface area contributed by atoms with Gasteiger partial charge in [0.15, 0.2) is 0 Å². The molecule has 0 saturated carbocycles. The molecule has 0 saturated heterocycles. The first-order valence-corrected chi connectivity index (χ1v) is 5.50. The average Bonchev–Trinajstić information content (AvgIpc) is 2.39. The minimum atomic E-state index is -0.346. The summed E-state index contributed by atoms with van der Waals surface area (Å²) < 4.78 is 0. The lowest BCUT2D eigenvalue weighted by Crippen LogP contribution is -2.13. The number of nitrogens with zero attached hydrogens (tertiary/aromatic N) is 2. The zero-order valence-electron chi connectivity index (χ0n) is 9.22. The fourth-order valence-corrected chi connectivity index (χ4v) is 1.48. The molecule has 1 N–H and O–H groups in total. The first-order valence-electron chi connectivity index (χ1n) is 5.12. The number of hydrogen-bond donors (Lipinski definition) is 1. The van der Waals surface area contributed by atoms with Crippen molar-refractivity contribution in [3.8, 4) is 6.07 Å². The lowest BCUT2D eigenvalue weighted by atomic mass is 10.2. The summed E-state index contributed by atoms with van der Waals surface area (Å²) in [4.78, 5) is 15.7. The summed E-state index contributed by atoms with van der Waals surface area (Å²) in [7, 11) is 0. The van der Waals surface area contributed by atoms with Gasteiger partial charge in [-0.05, 0) is 30.3 Å². The molecule has 0 unspecified atom stereocenters. The van der Waals surface area contributed by atoms with Crippen LogP contribution < -0.4 is 5.32 Å². The summed E-state index contributed by atoms with van der Waals surface area (Å²) in [5.74, 6) is -0.346. The Morgan fingerprint density at radius 1 is 1.33 bits per heavy atom. The second-order valence-corrected chi connectivity index (χ2v) is 3.94. The maximum atomic E-state index is 11.8. The zero-order valence-corrected chi connectivity index (χ0v) is 9.98. The van der Waals surface area contributed by atoms with Crippen LogP contribution in [0.1, 0.15) is 16.1 Å². The number of halogens is 1. The van der Waals surface area contributed by atoms with Crippen LogP contribution in [0.15, 0.2) is 42.6 Å². The normalized spacial score (nSPS) is 9.56. The van der Waals surface area contributed by atoms with Gasteiger partial charge in [-0.25, -0.2) is 4.98 Å². The molecule has 88 valence electrons. The van der Waals surface area contributed by atoms with E-state index >= 15 is 0 Å². The number of nitriles is 1. The van der Waals surface area contributed by atoms with Crippen molar-refractivity contribution in [3.63, 3.8) is 0 Å². The van der Waals surface area contributed by atoms with Crippen molar-refractivity contribution in [3.05, 3.63) is 58.9 Å². The second-order valence-electron chi connectivity index (χ2n) is 3.51. The number of carbonyl (C=O) groups is 1. The first-order chi connectivity index (χ1) is 8.69. The zero-order chi connectivity index (χ0) is 13.0. The molecule has 0 aliphatic carbocycles. The number of amides is 1. The van der Waals surface area contributed by atoms with Crippen LogP contribution in [0.2, 0.25) is 5.02 Å². The summed E-state index contributed by atoms with van der Waals surface area (Å²) in [6, 6.07) is 11.8. The van der Waals surface area contributed by atoms with Crippen LogP contribution in [0.4, 0.5) is 5.69 Å². The highest BCUT2D eigenvalue weighted by Crippen LogP contribution is 2.12. The second kappa shape index (κ2) is 5.30. The Balaban J connectivity index is 2.16. The van der Waals surface area contributed by atoms with Gasteiger partial charge in [-0.1, -0.05) is 17.7 Å². The molecule has 0 fully saturated rings. The van der Waals surface area contributed by atoms with Gasteiger partial charge in [0, 0.05) is 11.9 Å². The standard InChI is InChI=1S/C13H8ClN3O/c14-10-4-5-12(16-8-10)13(18)17-11-3-1-2-9(6-11)7-15/h1-6,8H,(H,17,18). The third-order valence-corrected chi connectivity index (χ3v) is 2.43. The van der Waals surface area contributed by atoms with Crippen LogP contribution in [0, 0.1) is 11.3 Å². The van der Waals surface area contributed by atoms with Gasteiger partial charge in [-0.2, -0.15) is 5.26 Å². The molecule has 1 aromatic carbocycles. The van der Waals surface area contributed by atoms with E-state index in [2.05, 4.69) is 10.3 Å². The predicted molar refractivity (Wildman–Crippen MR) is 68.4 cm³/mol. The highest BCUT2D eigenvalue weighted by atomic mass is 35.5. The van der Waals surface area contributed by atoms with Gasteiger partial charge in [0.2, 0.25) is 0 Å². The lowest BCUT2D eigenvalue weighted by Gasteiger charge is -2.04.